The lowest BCUT2D eigenvalue weighted by atomic mass is 9.90. The first-order chi connectivity index (χ1) is 7.87. The van der Waals surface area contributed by atoms with Crippen molar-refractivity contribution in [3.8, 4) is 0 Å². The van der Waals surface area contributed by atoms with E-state index in [1.807, 2.05) is 20.8 Å². The Balaban J connectivity index is 2.99. The summed E-state index contributed by atoms with van der Waals surface area (Å²) in [6.07, 6.45) is 2.57. The second-order valence-corrected chi connectivity index (χ2v) is 5.20. The molecule has 4 nitrogen and oxygen atoms in total. The molecule has 0 aliphatic carbocycles. The van der Waals surface area contributed by atoms with Crippen LogP contribution >= 0.6 is 0 Å². The Kier molecular flexibility index (Phi) is 4.17. The van der Waals surface area contributed by atoms with Gasteiger partial charge in [0.25, 0.3) is 0 Å². The molecule has 1 heterocycles. The molecule has 4 heteroatoms. The van der Waals surface area contributed by atoms with Crippen molar-refractivity contribution in [1.29, 1.82) is 0 Å². The second kappa shape index (κ2) is 5.07. The summed E-state index contributed by atoms with van der Waals surface area (Å²) in [5, 5.41) is 2.84. The zero-order valence-electron chi connectivity index (χ0n) is 11.5. The number of amides is 2. The molecule has 1 aliphatic heterocycles. The maximum absolute atomic E-state index is 12.5. The first-order valence-electron chi connectivity index (χ1n) is 6.52. The van der Waals surface area contributed by atoms with Gasteiger partial charge < -0.3 is 10.2 Å². The van der Waals surface area contributed by atoms with Gasteiger partial charge in [0.1, 0.15) is 11.6 Å². The number of hydrogen-bond donors (Lipinski definition) is 1. The van der Waals surface area contributed by atoms with Crippen LogP contribution in [0.1, 0.15) is 53.9 Å². The molecule has 1 saturated heterocycles. The number of carbonyl (C=O) groups excluding carboxylic acids is 2. The van der Waals surface area contributed by atoms with Crippen LogP contribution in [0.3, 0.4) is 0 Å². The molecule has 0 radical (unpaired) electrons. The highest BCUT2D eigenvalue weighted by molar-refractivity contribution is 5.99. The number of rotatable bonds is 4. The first-order valence-corrected chi connectivity index (χ1v) is 6.52. The van der Waals surface area contributed by atoms with Crippen LogP contribution in [0.15, 0.2) is 0 Å². The van der Waals surface area contributed by atoms with Crippen LogP contribution in [0.25, 0.3) is 0 Å². The van der Waals surface area contributed by atoms with E-state index in [0.717, 1.165) is 12.8 Å². The summed E-state index contributed by atoms with van der Waals surface area (Å²) in [6, 6.07) is -0.233. The molecule has 3 unspecified atom stereocenters. The van der Waals surface area contributed by atoms with Gasteiger partial charge >= 0.3 is 0 Å². The lowest BCUT2D eigenvalue weighted by Crippen LogP contribution is -2.69. The molecule has 0 aromatic carbocycles. The van der Waals surface area contributed by atoms with Crippen molar-refractivity contribution in [1.82, 2.24) is 10.2 Å². The van der Waals surface area contributed by atoms with E-state index in [2.05, 4.69) is 12.2 Å². The van der Waals surface area contributed by atoms with E-state index in [0.29, 0.717) is 6.42 Å². The average Bonchev–Trinajstić information content (AvgIpc) is 2.27. The zero-order valence-corrected chi connectivity index (χ0v) is 11.5. The molecule has 3 atom stereocenters. The minimum Gasteiger partial charge on any atom is -0.340 e. The van der Waals surface area contributed by atoms with E-state index >= 15 is 0 Å². The summed E-state index contributed by atoms with van der Waals surface area (Å²) in [4.78, 5) is 26.1. The summed E-state index contributed by atoms with van der Waals surface area (Å²) in [5.74, 6) is 0.00459. The van der Waals surface area contributed by atoms with Crippen LogP contribution in [-0.2, 0) is 9.59 Å². The Labute approximate surface area is 104 Å². The molecule has 0 bridgehead atoms. The van der Waals surface area contributed by atoms with Crippen LogP contribution in [0, 0.1) is 0 Å². The normalized spacial score (nSPS) is 31.4. The Hall–Kier alpha value is -1.06. The summed E-state index contributed by atoms with van der Waals surface area (Å²) < 4.78 is 0. The van der Waals surface area contributed by atoms with E-state index in [4.69, 9.17) is 0 Å². The highest BCUT2D eigenvalue weighted by Crippen LogP contribution is 2.24. The molecule has 98 valence electrons. The maximum atomic E-state index is 12.5. The molecule has 1 rings (SSSR count). The standard InChI is InChI=1S/C13H24N2O2/c1-6-8-9(3)15-10(4)11(16)14-13(5,7-2)12(15)17/h9-10H,6-8H2,1-5H3,(H,14,16). The Morgan fingerprint density at radius 3 is 2.47 bits per heavy atom. The largest absolute Gasteiger partial charge is 0.340 e. The lowest BCUT2D eigenvalue weighted by molar-refractivity contribution is -0.156. The van der Waals surface area contributed by atoms with Crippen LogP contribution < -0.4 is 5.32 Å². The molecule has 0 saturated carbocycles. The number of carbonyl (C=O) groups is 2. The van der Waals surface area contributed by atoms with Crippen molar-refractivity contribution in [2.24, 2.45) is 0 Å². The molecular formula is C13H24N2O2. The number of nitrogens with one attached hydrogen (secondary N) is 1. The average molecular weight is 240 g/mol. The lowest BCUT2D eigenvalue weighted by Gasteiger charge is -2.45. The first kappa shape index (κ1) is 14.0. The molecule has 1 fully saturated rings. The summed E-state index contributed by atoms with van der Waals surface area (Å²) in [6.45, 7) is 9.65. The quantitative estimate of drug-likeness (QED) is 0.813. The van der Waals surface area contributed by atoms with Crippen molar-refractivity contribution in [2.75, 3.05) is 0 Å². The maximum Gasteiger partial charge on any atom is 0.248 e. The highest BCUT2D eigenvalue weighted by atomic mass is 16.2. The van der Waals surface area contributed by atoms with Crippen molar-refractivity contribution in [3.05, 3.63) is 0 Å². The monoisotopic (exact) mass is 240 g/mol. The Morgan fingerprint density at radius 2 is 2.00 bits per heavy atom. The summed E-state index contributed by atoms with van der Waals surface area (Å²) in [5.41, 5.74) is -0.731. The van der Waals surface area contributed by atoms with E-state index < -0.39 is 5.54 Å². The van der Waals surface area contributed by atoms with Gasteiger partial charge in [0.15, 0.2) is 0 Å². The van der Waals surface area contributed by atoms with E-state index in [1.165, 1.54) is 0 Å². The van der Waals surface area contributed by atoms with E-state index in [-0.39, 0.29) is 23.9 Å². The predicted molar refractivity (Wildman–Crippen MR) is 67.5 cm³/mol. The Morgan fingerprint density at radius 1 is 1.41 bits per heavy atom. The minimum absolute atomic E-state index is 0.0445. The Bertz CT molecular complexity index is 317. The number of hydrogen-bond acceptors (Lipinski definition) is 2. The van der Waals surface area contributed by atoms with Gasteiger partial charge in [-0.2, -0.15) is 0 Å². The second-order valence-electron chi connectivity index (χ2n) is 5.20. The van der Waals surface area contributed by atoms with Crippen LogP contribution in [0.2, 0.25) is 0 Å². The topological polar surface area (TPSA) is 49.4 Å². The number of piperazine rings is 1. The van der Waals surface area contributed by atoms with E-state index in [1.54, 1.807) is 11.8 Å². The minimum atomic E-state index is -0.731. The van der Waals surface area contributed by atoms with Gasteiger partial charge in [0, 0.05) is 6.04 Å². The number of nitrogens with zero attached hydrogens (tertiary/aromatic N) is 1. The van der Waals surface area contributed by atoms with Crippen molar-refractivity contribution in [3.63, 3.8) is 0 Å². The van der Waals surface area contributed by atoms with E-state index in [9.17, 15) is 9.59 Å². The molecule has 2 amide bonds. The SMILES string of the molecule is CCCC(C)N1C(=O)C(C)(CC)NC(=O)C1C. The fourth-order valence-electron chi connectivity index (χ4n) is 2.40. The van der Waals surface area contributed by atoms with Crippen LogP contribution in [-0.4, -0.2) is 34.3 Å². The smallest absolute Gasteiger partial charge is 0.248 e. The van der Waals surface area contributed by atoms with Gasteiger partial charge in [0.2, 0.25) is 11.8 Å². The third-order valence-electron chi connectivity index (χ3n) is 3.79. The molecule has 1 N–H and O–H groups in total. The van der Waals surface area contributed by atoms with Crippen molar-refractivity contribution < 1.29 is 9.59 Å². The van der Waals surface area contributed by atoms with Gasteiger partial charge in [-0.15, -0.1) is 0 Å². The fraction of sp³-hybridized carbons (Fsp3) is 0.846. The molecule has 17 heavy (non-hydrogen) atoms. The van der Waals surface area contributed by atoms with Crippen LogP contribution in [0.4, 0.5) is 0 Å². The molecule has 0 aromatic rings. The van der Waals surface area contributed by atoms with Gasteiger partial charge in [-0.1, -0.05) is 20.3 Å². The predicted octanol–water partition coefficient (Wildman–Crippen LogP) is 1.69. The fourth-order valence-corrected chi connectivity index (χ4v) is 2.40. The summed E-state index contributed by atoms with van der Waals surface area (Å²) in [7, 11) is 0. The third kappa shape index (κ3) is 2.45. The van der Waals surface area contributed by atoms with Gasteiger partial charge in [-0.25, -0.2) is 0 Å². The van der Waals surface area contributed by atoms with Crippen molar-refractivity contribution >= 4 is 11.8 Å². The molecular weight excluding hydrogens is 216 g/mol. The van der Waals surface area contributed by atoms with Crippen LogP contribution in [0.5, 0.6) is 0 Å². The summed E-state index contributed by atoms with van der Waals surface area (Å²) >= 11 is 0. The van der Waals surface area contributed by atoms with Gasteiger partial charge in [-0.05, 0) is 33.6 Å². The zero-order chi connectivity index (χ0) is 13.2. The van der Waals surface area contributed by atoms with Gasteiger partial charge in [-0.3, -0.25) is 9.59 Å². The third-order valence-corrected chi connectivity index (χ3v) is 3.79. The molecule has 1 aliphatic rings. The van der Waals surface area contributed by atoms with Crippen molar-refractivity contribution in [2.45, 2.75) is 71.5 Å². The van der Waals surface area contributed by atoms with Gasteiger partial charge in [0.05, 0.1) is 0 Å². The highest BCUT2D eigenvalue weighted by Gasteiger charge is 2.46. The molecule has 0 aromatic heterocycles. The molecule has 0 spiro atoms.